The minimum atomic E-state index is 1.02. The summed E-state index contributed by atoms with van der Waals surface area (Å²) in [7, 11) is 0. The first-order valence-corrected chi connectivity index (χ1v) is 8.01. The van der Waals surface area contributed by atoms with Gasteiger partial charge in [0, 0.05) is 30.8 Å². The predicted octanol–water partition coefficient (Wildman–Crippen LogP) is 4.66. The number of aryl methyl sites for hydroxylation is 2. The summed E-state index contributed by atoms with van der Waals surface area (Å²) in [6.45, 7) is 1.02. The highest BCUT2D eigenvalue weighted by Crippen LogP contribution is 2.28. The fraction of sp³-hybridized carbons (Fsp3) is 0.150. The number of imidazole rings is 1. The quantitative estimate of drug-likeness (QED) is 0.571. The molecule has 0 aliphatic carbocycles. The van der Waals surface area contributed by atoms with Gasteiger partial charge in [-0.25, -0.2) is 4.98 Å². The Morgan fingerprint density at radius 1 is 1.00 bits per heavy atom. The molecule has 3 heteroatoms. The number of aromatic amines is 1. The van der Waals surface area contributed by atoms with Crippen LogP contribution in [0.25, 0.3) is 21.9 Å². The van der Waals surface area contributed by atoms with E-state index in [4.69, 9.17) is 0 Å². The zero-order valence-corrected chi connectivity index (χ0v) is 12.9. The van der Waals surface area contributed by atoms with Crippen LogP contribution in [-0.2, 0) is 13.0 Å². The Kier molecular flexibility index (Phi) is 3.68. The van der Waals surface area contributed by atoms with Crippen LogP contribution in [0.4, 0.5) is 0 Å². The Bertz CT molecular complexity index is 898. The van der Waals surface area contributed by atoms with Crippen molar-refractivity contribution in [3.05, 3.63) is 79.1 Å². The lowest BCUT2D eigenvalue weighted by Gasteiger charge is -2.05. The number of rotatable bonds is 5. The third kappa shape index (κ3) is 2.90. The average molecular weight is 301 g/mol. The molecule has 23 heavy (non-hydrogen) atoms. The molecule has 0 amide bonds. The molecule has 0 bridgehead atoms. The van der Waals surface area contributed by atoms with E-state index in [0.29, 0.717) is 0 Å². The van der Waals surface area contributed by atoms with E-state index >= 15 is 0 Å². The van der Waals surface area contributed by atoms with Gasteiger partial charge >= 0.3 is 0 Å². The Labute approximate surface area is 135 Å². The van der Waals surface area contributed by atoms with Gasteiger partial charge in [-0.15, -0.1) is 0 Å². The molecule has 0 unspecified atom stereocenters. The van der Waals surface area contributed by atoms with Crippen LogP contribution < -0.4 is 0 Å². The van der Waals surface area contributed by atoms with Crippen molar-refractivity contribution in [2.75, 3.05) is 0 Å². The topological polar surface area (TPSA) is 33.6 Å². The fourth-order valence-electron chi connectivity index (χ4n) is 3.09. The largest absolute Gasteiger partial charge is 0.354 e. The molecule has 4 rings (SSSR count). The third-order valence-corrected chi connectivity index (χ3v) is 4.27. The Morgan fingerprint density at radius 3 is 2.83 bits per heavy atom. The van der Waals surface area contributed by atoms with Gasteiger partial charge in [0.2, 0.25) is 0 Å². The summed E-state index contributed by atoms with van der Waals surface area (Å²) in [5.74, 6) is 0. The fourth-order valence-corrected chi connectivity index (χ4v) is 3.09. The van der Waals surface area contributed by atoms with E-state index in [2.05, 4.69) is 75.5 Å². The van der Waals surface area contributed by atoms with Crippen molar-refractivity contribution in [3.8, 4) is 11.1 Å². The number of hydrogen-bond donors (Lipinski definition) is 1. The number of nitrogens with one attached hydrogen (secondary N) is 1. The smallest absolute Gasteiger partial charge is 0.0921 e. The maximum absolute atomic E-state index is 4.06. The maximum atomic E-state index is 4.06. The van der Waals surface area contributed by atoms with Crippen molar-refractivity contribution >= 4 is 10.8 Å². The molecule has 2 heterocycles. The lowest BCUT2D eigenvalue weighted by atomic mass is 10.0. The summed E-state index contributed by atoms with van der Waals surface area (Å²) in [5, 5.41) is 2.60. The predicted molar refractivity (Wildman–Crippen MR) is 94.3 cm³/mol. The van der Waals surface area contributed by atoms with E-state index in [1.807, 2.05) is 6.20 Å². The van der Waals surface area contributed by atoms with E-state index in [1.165, 1.54) is 27.6 Å². The van der Waals surface area contributed by atoms with Crippen LogP contribution in [0, 0.1) is 0 Å². The summed E-state index contributed by atoms with van der Waals surface area (Å²) in [6.07, 6.45) is 10.2. The monoisotopic (exact) mass is 301 g/mol. The second kappa shape index (κ2) is 6.13. The van der Waals surface area contributed by atoms with Gasteiger partial charge in [-0.05, 0) is 40.8 Å². The van der Waals surface area contributed by atoms with E-state index in [0.717, 1.165) is 19.4 Å². The molecule has 0 saturated heterocycles. The summed E-state index contributed by atoms with van der Waals surface area (Å²) in [4.78, 5) is 7.21. The van der Waals surface area contributed by atoms with Gasteiger partial charge in [-0.3, -0.25) is 0 Å². The second-order valence-corrected chi connectivity index (χ2v) is 5.85. The van der Waals surface area contributed by atoms with Gasteiger partial charge in [-0.1, -0.05) is 42.5 Å². The highest BCUT2D eigenvalue weighted by molar-refractivity contribution is 5.96. The number of benzene rings is 2. The molecule has 0 radical (unpaired) electrons. The first kappa shape index (κ1) is 13.8. The van der Waals surface area contributed by atoms with Gasteiger partial charge in [0.25, 0.3) is 0 Å². The highest BCUT2D eigenvalue weighted by Gasteiger charge is 2.05. The van der Waals surface area contributed by atoms with Crippen LogP contribution >= 0.6 is 0 Å². The van der Waals surface area contributed by atoms with Crippen LogP contribution in [-0.4, -0.2) is 14.5 Å². The maximum Gasteiger partial charge on any atom is 0.0921 e. The minimum Gasteiger partial charge on any atom is -0.354 e. The van der Waals surface area contributed by atoms with E-state index in [9.17, 15) is 0 Å². The zero-order chi connectivity index (χ0) is 15.5. The molecular weight excluding hydrogens is 282 g/mol. The highest BCUT2D eigenvalue weighted by atomic mass is 14.9. The van der Waals surface area contributed by atoms with Gasteiger partial charge < -0.3 is 9.55 Å². The molecule has 2 aromatic carbocycles. The van der Waals surface area contributed by atoms with Crippen molar-refractivity contribution in [2.45, 2.75) is 19.4 Å². The SMILES string of the molecule is c1ccc2c(-c3ccn(CCCc4cnc[nH]4)c3)cccc2c1. The zero-order valence-electron chi connectivity index (χ0n) is 12.9. The number of aromatic nitrogens is 3. The van der Waals surface area contributed by atoms with Crippen molar-refractivity contribution in [1.82, 2.24) is 14.5 Å². The molecule has 0 fully saturated rings. The van der Waals surface area contributed by atoms with E-state index < -0.39 is 0 Å². The lowest BCUT2D eigenvalue weighted by molar-refractivity contribution is 0.641. The molecule has 1 N–H and O–H groups in total. The molecule has 4 aromatic rings. The number of hydrogen-bond acceptors (Lipinski definition) is 1. The van der Waals surface area contributed by atoms with Crippen molar-refractivity contribution in [2.24, 2.45) is 0 Å². The van der Waals surface area contributed by atoms with Crippen LogP contribution in [0.15, 0.2) is 73.4 Å². The second-order valence-electron chi connectivity index (χ2n) is 5.85. The normalized spacial score (nSPS) is 11.1. The van der Waals surface area contributed by atoms with Crippen molar-refractivity contribution < 1.29 is 0 Å². The first-order valence-electron chi connectivity index (χ1n) is 8.01. The van der Waals surface area contributed by atoms with Crippen LogP contribution in [0.2, 0.25) is 0 Å². The van der Waals surface area contributed by atoms with Crippen LogP contribution in [0.5, 0.6) is 0 Å². The molecule has 0 spiro atoms. The first-order chi connectivity index (χ1) is 11.4. The van der Waals surface area contributed by atoms with E-state index in [-0.39, 0.29) is 0 Å². The third-order valence-electron chi connectivity index (χ3n) is 4.27. The summed E-state index contributed by atoms with van der Waals surface area (Å²) in [6, 6.07) is 17.3. The summed E-state index contributed by atoms with van der Waals surface area (Å²) in [5.41, 5.74) is 3.78. The molecule has 2 aromatic heterocycles. The lowest BCUT2D eigenvalue weighted by Crippen LogP contribution is -1.96. The minimum absolute atomic E-state index is 1.02. The average Bonchev–Trinajstić information content (AvgIpc) is 3.26. The Morgan fingerprint density at radius 2 is 1.91 bits per heavy atom. The van der Waals surface area contributed by atoms with Crippen LogP contribution in [0.3, 0.4) is 0 Å². The Hall–Kier alpha value is -2.81. The molecule has 114 valence electrons. The Balaban J connectivity index is 1.53. The number of H-pyrrole nitrogens is 1. The molecule has 0 saturated carbocycles. The number of nitrogens with zero attached hydrogens (tertiary/aromatic N) is 2. The standard InChI is InChI=1S/C20H19N3/c1-2-8-19-16(5-1)6-3-9-20(19)17-10-12-23(14-17)11-4-7-18-13-21-15-22-18/h1-3,5-6,8-10,12-15H,4,7,11H2,(H,21,22). The van der Waals surface area contributed by atoms with Gasteiger partial charge in [0.1, 0.15) is 0 Å². The van der Waals surface area contributed by atoms with Gasteiger partial charge in [-0.2, -0.15) is 0 Å². The van der Waals surface area contributed by atoms with Gasteiger partial charge in [0.15, 0.2) is 0 Å². The molecule has 3 nitrogen and oxygen atoms in total. The van der Waals surface area contributed by atoms with Crippen molar-refractivity contribution in [1.29, 1.82) is 0 Å². The van der Waals surface area contributed by atoms with E-state index in [1.54, 1.807) is 6.33 Å². The van der Waals surface area contributed by atoms with Gasteiger partial charge in [0.05, 0.1) is 6.33 Å². The molecule has 0 atom stereocenters. The van der Waals surface area contributed by atoms with Crippen molar-refractivity contribution in [3.63, 3.8) is 0 Å². The summed E-state index contributed by atoms with van der Waals surface area (Å²) < 4.78 is 2.27. The number of fused-ring (bicyclic) bond motifs is 1. The molecule has 0 aliphatic rings. The van der Waals surface area contributed by atoms with Crippen LogP contribution in [0.1, 0.15) is 12.1 Å². The molecule has 0 aliphatic heterocycles. The molecular formula is C20H19N3. The summed E-state index contributed by atoms with van der Waals surface area (Å²) >= 11 is 0.